The van der Waals surface area contributed by atoms with E-state index in [4.69, 9.17) is 4.98 Å². The third kappa shape index (κ3) is 5.09. The quantitative estimate of drug-likeness (QED) is 0.434. The zero-order chi connectivity index (χ0) is 24.4. The van der Waals surface area contributed by atoms with Crippen LogP contribution in [0, 0.1) is 17.6 Å². The first-order chi connectivity index (χ1) is 17.0. The van der Waals surface area contributed by atoms with Crippen LogP contribution in [-0.4, -0.2) is 28.5 Å². The first kappa shape index (κ1) is 23.2. The van der Waals surface area contributed by atoms with Gasteiger partial charge < -0.3 is 10.2 Å². The highest BCUT2D eigenvalue weighted by Gasteiger charge is 2.28. The topological polar surface area (TPSA) is 67.2 Å². The number of piperidine rings is 1. The van der Waals surface area contributed by atoms with Crippen LogP contribution in [0.25, 0.3) is 10.2 Å². The third-order valence-corrected chi connectivity index (χ3v) is 7.16. The van der Waals surface area contributed by atoms with Gasteiger partial charge in [-0.05, 0) is 47.5 Å². The summed E-state index contributed by atoms with van der Waals surface area (Å²) in [6.45, 7) is 1.63. The number of thiophene rings is 1. The van der Waals surface area contributed by atoms with E-state index in [9.17, 15) is 18.4 Å². The van der Waals surface area contributed by atoms with Crippen LogP contribution in [0.15, 0.2) is 64.8 Å². The Morgan fingerprint density at radius 1 is 1.03 bits per heavy atom. The van der Waals surface area contributed by atoms with Crippen molar-refractivity contribution in [2.45, 2.75) is 25.9 Å². The van der Waals surface area contributed by atoms with Crippen LogP contribution in [0.3, 0.4) is 0 Å². The standard InChI is InChI=1S/C26H24F2N4O2S/c27-20-12-18(13-21(28)14-20)15-29-24(33)19-6-9-31(10-7-19)26-30-22-8-11-35-23(22)25(34)32(26)16-17-4-2-1-3-5-17/h1-5,8,11-14,19H,6-7,9-10,15-16H2,(H,29,33). The van der Waals surface area contributed by atoms with Crippen molar-refractivity contribution in [2.75, 3.05) is 18.0 Å². The number of fused-ring (bicyclic) bond motifs is 1. The van der Waals surface area contributed by atoms with Gasteiger partial charge in [-0.15, -0.1) is 11.3 Å². The van der Waals surface area contributed by atoms with Crippen molar-refractivity contribution < 1.29 is 13.6 Å². The van der Waals surface area contributed by atoms with Gasteiger partial charge in [0.2, 0.25) is 11.9 Å². The Bertz CT molecular complexity index is 1390. The SMILES string of the molecule is O=C(NCc1cc(F)cc(F)c1)C1CCN(c2nc3ccsc3c(=O)n2Cc2ccccc2)CC1. The van der Waals surface area contributed by atoms with Gasteiger partial charge in [-0.25, -0.2) is 13.8 Å². The van der Waals surface area contributed by atoms with E-state index in [0.29, 0.717) is 54.2 Å². The van der Waals surface area contributed by atoms with Gasteiger partial charge in [0.25, 0.3) is 5.56 Å². The Morgan fingerprint density at radius 3 is 2.46 bits per heavy atom. The number of hydrogen-bond donors (Lipinski definition) is 1. The molecule has 0 atom stereocenters. The summed E-state index contributed by atoms with van der Waals surface area (Å²) in [5.41, 5.74) is 2.01. The number of nitrogens with one attached hydrogen (secondary N) is 1. The molecule has 180 valence electrons. The number of nitrogens with zero attached hydrogens (tertiary/aromatic N) is 3. The van der Waals surface area contributed by atoms with Gasteiger partial charge in [0, 0.05) is 31.6 Å². The zero-order valence-corrected chi connectivity index (χ0v) is 19.7. The van der Waals surface area contributed by atoms with Crippen molar-refractivity contribution in [1.82, 2.24) is 14.9 Å². The number of benzene rings is 2. The summed E-state index contributed by atoms with van der Waals surface area (Å²) in [6.07, 6.45) is 1.18. The van der Waals surface area contributed by atoms with E-state index in [2.05, 4.69) is 10.2 Å². The third-order valence-electron chi connectivity index (χ3n) is 6.27. The largest absolute Gasteiger partial charge is 0.352 e. The van der Waals surface area contributed by atoms with Gasteiger partial charge in [0.15, 0.2) is 0 Å². The first-order valence-electron chi connectivity index (χ1n) is 11.5. The van der Waals surface area contributed by atoms with Gasteiger partial charge >= 0.3 is 0 Å². The fourth-order valence-electron chi connectivity index (χ4n) is 4.47. The second kappa shape index (κ2) is 9.95. The number of aromatic nitrogens is 2. The molecule has 0 saturated carbocycles. The molecule has 9 heteroatoms. The summed E-state index contributed by atoms with van der Waals surface area (Å²) in [4.78, 5) is 32.9. The molecule has 35 heavy (non-hydrogen) atoms. The second-order valence-electron chi connectivity index (χ2n) is 8.68. The van der Waals surface area contributed by atoms with Crippen LogP contribution >= 0.6 is 11.3 Å². The fourth-order valence-corrected chi connectivity index (χ4v) is 5.25. The molecule has 0 bridgehead atoms. The fraction of sp³-hybridized carbons (Fsp3) is 0.269. The van der Waals surface area contributed by atoms with Gasteiger partial charge in [0.1, 0.15) is 16.3 Å². The Morgan fingerprint density at radius 2 is 1.74 bits per heavy atom. The van der Waals surface area contributed by atoms with Crippen LogP contribution in [0.2, 0.25) is 0 Å². The molecule has 3 heterocycles. The molecule has 1 aliphatic rings. The maximum Gasteiger partial charge on any atom is 0.273 e. The van der Waals surface area contributed by atoms with Gasteiger partial charge in [-0.3, -0.25) is 14.2 Å². The molecule has 0 unspecified atom stereocenters. The highest BCUT2D eigenvalue weighted by molar-refractivity contribution is 7.17. The van der Waals surface area contributed by atoms with Crippen molar-refractivity contribution in [3.63, 3.8) is 0 Å². The molecular formula is C26H24F2N4O2S. The van der Waals surface area contributed by atoms with Crippen molar-refractivity contribution >= 4 is 33.4 Å². The Balaban J connectivity index is 1.30. The van der Waals surface area contributed by atoms with Crippen LogP contribution in [0.1, 0.15) is 24.0 Å². The molecule has 0 spiro atoms. The molecule has 6 nitrogen and oxygen atoms in total. The molecule has 2 aromatic heterocycles. The second-order valence-corrected chi connectivity index (χ2v) is 9.60. The number of rotatable bonds is 6. The summed E-state index contributed by atoms with van der Waals surface area (Å²) >= 11 is 1.39. The lowest BCUT2D eigenvalue weighted by Crippen LogP contribution is -2.42. The van der Waals surface area contributed by atoms with Crippen molar-refractivity contribution in [3.05, 3.63) is 93.1 Å². The highest BCUT2D eigenvalue weighted by Crippen LogP contribution is 2.25. The lowest BCUT2D eigenvalue weighted by atomic mass is 9.96. The number of amides is 1. The molecular weight excluding hydrogens is 470 g/mol. The molecule has 0 aliphatic carbocycles. The molecule has 1 saturated heterocycles. The van der Waals surface area contributed by atoms with E-state index in [1.165, 1.54) is 23.5 Å². The Kier molecular flexibility index (Phi) is 6.59. The van der Waals surface area contributed by atoms with Crippen molar-refractivity contribution in [3.8, 4) is 0 Å². The number of halogens is 2. The number of hydrogen-bond acceptors (Lipinski definition) is 5. The van der Waals surface area contributed by atoms with E-state index < -0.39 is 11.6 Å². The lowest BCUT2D eigenvalue weighted by molar-refractivity contribution is -0.125. The predicted octanol–water partition coefficient (Wildman–Crippen LogP) is 4.32. The summed E-state index contributed by atoms with van der Waals surface area (Å²) < 4.78 is 29.1. The molecule has 1 aliphatic heterocycles. The molecule has 1 amide bonds. The first-order valence-corrected chi connectivity index (χ1v) is 12.4. The van der Waals surface area contributed by atoms with Crippen LogP contribution in [0.4, 0.5) is 14.7 Å². The number of anilines is 1. The van der Waals surface area contributed by atoms with Crippen LogP contribution in [-0.2, 0) is 17.9 Å². The minimum Gasteiger partial charge on any atom is -0.352 e. The predicted molar refractivity (Wildman–Crippen MR) is 133 cm³/mol. The van der Waals surface area contributed by atoms with E-state index in [1.807, 2.05) is 41.8 Å². The average Bonchev–Trinajstić information content (AvgIpc) is 3.33. The maximum absolute atomic E-state index is 13.4. The van der Waals surface area contributed by atoms with Crippen molar-refractivity contribution in [1.29, 1.82) is 0 Å². The monoisotopic (exact) mass is 494 g/mol. The molecule has 1 N–H and O–H groups in total. The van der Waals surface area contributed by atoms with Crippen molar-refractivity contribution in [2.24, 2.45) is 5.92 Å². The minimum absolute atomic E-state index is 0.0638. The van der Waals surface area contributed by atoms with Gasteiger partial charge in [-0.2, -0.15) is 0 Å². The smallest absolute Gasteiger partial charge is 0.273 e. The summed E-state index contributed by atoms with van der Waals surface area (Å²) in [6, 6.07) is 14.9. The molecule has 4 aromatic rings. The van der Waals surface area contributed by atoms with E-state index in [1.54, 1.807) is 4.57 Å². The average molecular weight is 495 g/mol. The maximum atomic E-state index is 13.4. The Hall–Kier alpha value is -3.59. The minimum atomic E-state index is -0.667. The summed E-state index contributed by atoms with van der Waals surface area (Å²) in [5, 5.41) is 4.66. The van der Waals surface area contributed by atoms with Gasteiger partial charge in [0.05, 0.1) is 12.1 Å². The van der Waals surface area contributed by atoms with Crippen LogP contribution < -0.4 is 15.8 Å². The highest BCUT2D eigenvalue weighted by atomic mass is 32.1. The molecule has 1 fully saturated rings. The van der Waals surface area contributed by atoms with E-state index in [0.717, 1.165) is 11.6 Å². The molecule has 2 aromatic carbocycles. The number of carbonyl (C=O) groups excluding carboxylic acids is 1. The normalized spacial score (nSPS) is 14.4. The molecule has 0 radical (unpaired) electrons. The lowest BCUT2D eigenvalue weighted by Gasteiger charge is -2.33. The van der Waals surface area contributed by atoms with E-state index in [-0.39, 0.29) is 23.9 Å². The van der Waals surface area contributed by atoms with Gasteiger partial charge in [-0.1, -0.05) is 30.3 Å². The summed E-state index contributed by atoms with van der Waals surface area (Å²) in [5.74, 6) is -1.08. The van der Waals surface area contributed by atoms with E-state index >= 15 is 0 Å². The molecule has 5 rings (SSSR count). The van der Waals surface area contributed by atoms with Crippen LogP contribution in [0.5, 0.6) is 0 Å². The Labute approximate surface area is 204 Å². The zero-order valence-electron chi connectivity index (χ0n) is 18.9. The summed E-state index contributed by atoms with van der Waals surface area (Å²) in [7, 11) is 0. The number of carbonyl (C=O) groups is 1.